The molecule has 5 N–H and O–H groups in total. The average Bonchev–Trinajstić information content (AvgIpc) is 2.73. The van der Waals surface area contributed by atoms with Gasteiger partial charge in [-0.15, -0.1) is 0 Å². The standard InChI is InChI=1S/C8H10N6OS/c9-14-7-10-2-1-6(13-7)11-3-5-4-16-8(15)12-5/h1-2,4H,3,9H2,(H,12,15)(H2,10,11,13,14). The van der Waals surface area contributed by atoms with Gasteiger partial charge in [-0.25, -0.2) is 10.8 Å². The predicted octanol–water partition coefficient (Wildman–Crippen LogP) is 0.124. The summed E-state index contributed by atoms with van der Waals surface area (Å²) >= 11 is 1.13. The molecule has 0 aliphatic carbocycles. The Labute approximate surface area is 94.7 Å². The number of thiazole rings is 1. The van der Waals surface area contributed by atoms with Gasteiger partial charge < -0.3 is 10.3 Å². The molecule has 84 valence electrons. The molecule has 16 heavy (non-hydrogen) atoms. The first kappa shape index (κ1) is 10.6. The third kappa shape index (κ3) is 2.55. The van der Waals surface area contributed by atoms with E-state index in [0.29, 0.717) is 18.3 Å². The van der Waals surface area contributed by atoms with Crippen molar-refractivity contribution in [2.24, 2.45) is 5.84 Å². The smallest absolute Gasteiger partial charge is 0.304 e. The van der Waals surface area contributed by atoms with Crippen LogP contribution in [0, 0.1) is 0 Å². The van der Waals surface area contributed by atoms with E-state index in [4.69, 9.17) is 5.84 Å². The molecule has 0 atom stereocenters. The Morgan fingerprint density at radius 3 is 3.12 bits per heavy atom. The van der Waals surface area contributed by atoms with Gasteiger partial charge in [-0.05, 0) is 6.07 Å². The van der Waals surface area contributed by atoms with E-state index in [0.717, 1.165) is 17.0 Å². The molecular weight excluding hydrogens is 228 g/mol. The van der Waals surface area contributed by atoms with E-state index in [1.54, 1.807) is 17.6 Å². The molecule has 2 aromatic rings. The molecule has 7 nitrogen and oxygen atoms in total. The van der Waals surface area contributed by atoms with Gasteiger partial charge in [0.15, 0.2) is 0 Å². The van der Waals surface area contributed by atoms with Crippen LogP contribution in [0.5, 0.6) is 0 Å². The summed E-state index contributed by atoms with van der Waals surface area (Å²) < 4.78 is 0. The Balaban J connectivity index is 2.01. The molecule has 0 bridgehead atoms. The summed E-state index contributed by atoms with van der Waals surface area (Å²) in [5.74, 6) is 6.15. The first-order valence-corrected chi connectivity index (χ1v) is 5.36. The molecular formula is C8H10N6OS. The molecule has 2 rings (SSSR count). The zero-order valence-electron chi connectivity index (χ0n) is 8.23. The van der Waals surface area contributed by atoms with Gasteiger partial charge in [0.1, 0.15) is 5.82 Å². The number of aromatic nitrogens is 3. The zero-order chi connectivity index (χ0) is 11.4. The molecule has 0 spiro atoms. The van der Waals surface area contributed by atoms with Gasteiger partial charge in [0, 0.05) is 17.3 Å². The van der Waals surface area contributed by atoms with Gasteiger partial charge in [0.05, 0.1) is 6.54 Å². The first-order chi connectivity index (χ1) is 7.78. The lowest BCUT2D eigenvalue weighted by Gasteiger charge is -2.04. The largest absolute Gasteiger partial charge is 0.364 e. The number of nitrogens with zero attached hydrogens (tertiary/aromatic N) is 2. The van der Waals surface area contributed by atoms with Gasteiger partial charge in [-0.3, -0.25) is 10.2 Å². The molecule has 0 amide bonds. The number of rotatable bonds is 4. The number of nitrogens with one attached hydrogen (secondary N) is 3. The molecule has 0 aliphatic rings. The number of aromatic amines is 1. The minimum atomic E-state index is -0.0659. The number of nitrogen functional groups attached to an aromatic ring is 1. The van der Waals surface area contributed by atoms with Crippen LogP contribution < -0.4 is 21.5 Å². The minimum Gasteiger partial charge on any atom is -0.364 e. The fourth-order valence-electron chi connectivity index (χ4n) is 1.11. The van der Waals surface area contributed by atoms with Crippen LogP contribution in [0.3, 0.4) is 0 Å². The van der Waals surface area contributed by atoms with E-state index in [9.17, 15) is 4.79 Å². The van der Waals surface area contributed by atoms with E-state index < -0.39 is 0 Å². The molecule has 2 aromatic heterocycles. The van der Waals surface area contributed by atoms with Gasteiger partial charge in [-0.2, -0.15) is 4.98 Å². The highest BCUT2D eigenvalue weighted by Gasteiger charge is 1.99. The fraction of sp³-hybridized carbons (Fsp3) is 0.125. The average molecular weight is 238 g/mol. The Morgan fingerprint density at radius 1 is 1.56 bits per heavy atom. The summed E-state index contributed by atoms with van der Waals surface area (Å²) in [4.78, 5) is 21.5. The summed E-state index contributed by atoms with van der Waals surface area (Å²) in [5.41, 5.74) is 3.17. The van der Waals surface area contributed by atoms with Gasteiger partial charge >= 0.3 is 4.87 Å². The summed E-state index contributed by atoms with van der Waals surface area (Å²) in [6, 6.07) is 1.71. The SMILES string of the molecule is NNc1nccc(NCc2csc(=O)[nH]2)n1. The third-order valence-electron chi connectivity index (χ3n) is 1.82. The first-order valence-electron chi connectivity index (χ1n) is 4.48. The zero-order valence-corrected chi connectivity index (χ0v) is 9.04. The molecule has 0 saturated carbocycles. The fourth-order valence-corrected chi connectivity index (χ4v) is 1.69. The van der Waals surface area contributed by atoms with Crippen LogP contribution in [-0.2, 0) is 6.54 Å². The molecule has 0 fully saturated rings. The predicted molar refractivity (Wildman–Crippen MR) is 62.1 cm³/mol. The van der Waals surface area contributed by atoms with E-state index in [2.05, 4.69) is 25.7 Å². The molecule has 0 aromatic carbocycles. The molecule has 8 heteroatoms. The van der Waals surface area contributed by atoms with Crippen molar-refractivity contribution in [1.29, 1.82) is 0 Å². The lowest BCUT2D eigenvalue weighted by Crippen LogP contribution is -2.11. The van der Waals surface area contributed by atoms with Crippen LogP contribution in [0.2, 0.25) is 0 Å². The number of H-pyrrole nitrogens is 1. The Morgan fingerprint density at radius 2 is 2.44 bits per heavy atom. The number of hydrogen-bond acceptors (Lipinski definition) is 7. The number of anilines is 2. The van der Waals surface area contributed by atoms with Crippen LogP contribution in [0.15, 0.2) is 22.4 Å². The number of hydrazine groups is 1. The van der Waals surface area contributed by atoms with E-state index in [1.807, 2.05) is 0 Å². The maximum Gasteiger partial charge on any atom is 0.304 e. The maximum absolute atomic E-state index is 10.9. The van der Waals surface area contributed by atoms with Crippen molar-refractivity contribution in [2.45, 2.75) is 6.54 Å². The highest BCUT2D eigenvalue weighted by atomic mass is 32.1. The van der Waals surface area contributed by atoms with Crippen LogP contribution in [0.1, 0.15) is 5.69 Å². The van der Waals surface area contributed by atoms with Gasteiger partial charge in [-0.1, -0.05) is 11.3 Å². The Hall–Kier alpha value is -1.93. The van der Waals surface area contributed by atoms with Gasteiger partial charge in [0.25, 0.3) is 0 Å². The number of nitrogens with two attached hydrogens (primary N) is 1. The molecule has 2 heterocycles. The summed E-state index contributed by atoms with van der Waals surface area (Å²) in [6.45, 7) is 0.500. The lowest BCUT2D eigenvalue weighted by atomic mass is 10.4. The third-order valence-corrected chi connectivity index (χ3v) is 2.53. The van der Waals surface area contributed by atoms with E-state index >= 15 is 0 Å². The van der Waals surface area contributed by atoms with Crippen molar-refractivity contribution in [1.82, 2.24) is 15.0 Å². The normalized spacial score (nSPS) is 10.1. The van der Waals surface area contributed by atoms with Crippen molar-refractivity contribution in [3.8, 4) is 0 Å². The van der Waals surface area contributed by atoms with Crippen LogP contribution >= 0.6 is 11.3 Å². The minimum absolute atomic E-state index is 0.0659. The van der Waals surface area contributed by atoms with Crippen molar-refractivity contribution in [3.63, 3.8) is 0 Å². The van der Waals surface area contributed by atoms with Crippen molar-refractivity contribution < 1.29 is 0 Å². The summed E-state index contributed by atoms with van der Waals surface area (Å²) in [7, 11) is 0. The Bertz CT molecular complexity index is 521. The topological polar surface area (TPSA) is 109 Å². The second-order valence-corrected chi connectivity index (χ2v) is 3.78. The Kier molecular flexibility index (Phi) is 3.13. The molecule has 0 unspecified atom stereocenters. The highest BCUT2D eigenvalue weighted by Crippen LogP contribution is 2.06. The summed E-state index contributed by atoms with van der Waals surface area (Å²) in [6.07, 6.45) is 1.58. The monoisotopic (exact) mass is 238 g/mol. The highest BCUT2D eigenvalue weighted by molar-refractivity contribution is 7.07. The molecule has 0 radical (unpaired) electrons. The van der Waals surface area contributed by atoms with Crippen LogP contribution in [0.25, 0.3) is 0 Å². The van der Waals surface area contributed by atoms with Gasteiger partial charge in [0.2, 0.25) is 5.95 Å². The summed E-state index contributed by atoms with van der Waals surface area (Å²) in [5, 5.41) is 4.80. The van der Waals surface area contributed by atoms with Crippen LogP contribution in [-0.4, -0.2) is 15.0 Å². The van der Waals surface area contributed by atoms with Crippen molar-refractivity contribution in [2.75, 3.05) is 10.7 Å². The van der Waals surface area contributed by atoms with Crippen molar-refractivity contribution in [3.05, 3.63) is 33.0 Å². The quantitative estimate of drug-likeness (QED) is 0.445. The molecule has 0 aliphatic heterocycles. The molecule has 0 saturated heterocycles. The van der Waals surface area contributed by atoms with E-state index in [1.165, 1.54) is 0 Å². The second-order valence-electron chi connectivity index (χ2n) is 2.94. The van der Waals surface area contributed by atoms with Crippen LogP contribution in [0.4, 0.5) is 11.8 Å². The number of hydrogen-bond donors (Lipinski definition) is 4. The second kappa shape index (κ2) is 4.73. The van der Waals surface area contributed by atoms with Crippen molar-refractivity contribution >= 4 is 23.1 Å². The maximum atomic E-state index is 10.9. The lowest BCUT2D eigenvalue weighted by molar-refractivity contribution is 1.03. The van der Waals surface area contributed by atoms with E-state index in [-0.39, 0.29) is 4.87 Å².